The number of ether oxygens (including phenoxy) is 1. The van der Waals surface area contributed by atoms with Gasteiger partial charge in [-0.3, -0.25) is 9.69 Å². The van der Waals surface area contributed by atoms with E-state index in [4.69, 9.17) is 4.74 Å². The molecule has 2 amide bonds. The van der Waals surface area contributed by atoms with Gasteiger partial charge in [0.15, 0.2) is 0 Å². The molecule has 0 radical (unpaired) electrons. The van der Waals surface area contributed by atoms with E-state index in [-0.39, 0.29) is 31.5 Å². The Labute approximate surface area is 183 Å². The Morgan fingerprint density at radius 2 is 2.00 bits per heavy atom. The first-order valence-electron chi connectivity index (χ1n) is 10.5. The van der Waals surface area contributed by atoms with Crippen molar-refractivity contribution in [2.75, 3.05) is 18.0 Å². The van der Waals surface area contributed by atoms with E-state index in [1.165, 1.54) is 17.9 Å². The second-order valence-corrected chi connectivity index (χ2v) is 8.01. The molecule has 1 saturated heterocycles. The fourth-order valence-corrected chi connectivity index (χ4v) is 4.18. The van der Waals surface area contributed by atoms with E-state index >= 15 is 0 Å². The summed E-state index contributed by atoms with van der Waals surface area (Å²) >= 11 is 0. The monoisotopic (exact) mass is 447 g/mol. The molecule has 6 nitrogen and oxygen atoms in total. The number of alkyl halides is 2. The molecule has 32 heavy (non-hydrogen) atoms. The van der Waals surface area contributed by atoms with Crippen molar-refractivity contribution in [1.29, 1.82) is 0 Å². The van der Waals surface area contributed by atoms with Crippen molar-refractivity contribution in [2.45, 2.75) is 44.9 Å². The lowest BCUT2D eigenvalue weighted by Crippen LogP contribution is -2.40. The molecule has 0 spiro atoms. The first-order chi connectivity index (χ1) is 15.3. The van der Waals surface area contributed by atoms with E-state index in [1.807, 2.05) is 12.1 Å². The van der Waals surface area contributed by atoms with Gasteiger partial charge in [0.05, 0.1) is 18.3 Å². The molecule has 4 rings (SSSR count). The van der Waals surface area contributed by atoms with Crippen LogP contribution in [-0.4, -0.2) is 43.7 Å². The van der Waals surface area contributed by atoms with E-state index in [9.17, 15) is 22.8 Å². The highest BCUT2D eigenvalue weighted by atomic mass is 19.3. The Kier molecular flexibility index (Phi) is 6.36. The zero-order valence-corrected chi connectivity index (χ0v) is 17.5. The third-order valence-electron chi connectivity index (χ3n) is 5.75. The highest BCUT2D eigenvalue weighted by Gasteiger charge is 2.47. The number of rotatable bonds is 8. The predicted octanol–water partition coefficient (Wildman–Crippen LogP) is 3.62. The second kappa shape index (κ2) is 9.20. The average Bonchev–Trinajstić information content (AvgIpc) is 3.26. The van der Waals surface area contributed by atoms with Gasteiger partial charge in [0.2, 0.25) is 12.3 Å². The van der Waals surface area contributed by atoms with Crippen LogP contribution in [0.1, 0.15) is 24.5 Å². The van der Waals surface area contributed by atoms with Crippen molar-refractivity contribution >= 4 is 17.7 Å². The summed E-state index contributed by atoms with van der Waals surface area (Å²) in [5.41, 5.74) is 3.36. The Morgan fingerprint density at radius 1 is 1.25 bits per heavy atom. The maximum Gasteiger partial charge on any atom is 0.415 e. The Morgan fingerprint density at radius 3 is 2.69 bits per heavy atom. The van der Waals surface area contributed by atoms with E-state index in [2.05, 4.69) is 10.6 Å². The molecule has 0 saturated carbocycles. The van der Waals surface area contributed by atoms with E-state index < -0.39 is 24.4 Å². The van der Waals surface area contributed by atoms with Crippen LogP contribution in [0.3, 0.4) is 0 Å². The van der Waals surface area contributed by atoms with Crippen LogP contribution in [-0.2, 0) is 22.5 Å². The van der Waals surface area contributed by atoms with E-state index in [1.54, 1.807) is 18.2 Å². The molecule has 2 aromatic carbocycles. The number of hydrogen-bond donors (Lipinski definition) is 2. The van der Waals surface area contributed by atoms with Crippen LogP contribution < -0.4 is 15.5 Å². The standard InChI is InChI=1S/C23H24F3N3O3/c1-13(30)28-12-21-20-9-16-8-17(18(24)10-19(16)29(20)23(31)32-21)15-4-2-14(3-5-15)11-27-7-6-22(25)26/h2-5,8,10,20-22,27H,6-7,9,11-12H2,1H3,(H,28,30)/t20-,21-/m0/s1. The SMILES string of the molecule is CC(=O)NC[C@@H]1OC(=O)N2c3cc(F)c(-c4ccc(CNCCC(F)F)cc4)cc3C[C@@H]12. The number of carbonyl (C=O) groups excluding carboxylic acids is 2. The van der Waals surface area contributed by atoms with Crippen LogP contribution in [0.4, 0.5) is 23.7 Å². The number of amides is 2. The molecule has 2 N–H and O–H groups in total. The van der Waals surface area contributed by atoms with Crippen LogP contribution >= 0.6 is 0 Å². The lowest BCUT2D eigenvalue weighted by Gasteiger charge is -2.16. The summed E-state index contributed by atoms with van der Waals surface area (Å²) in [6, 6.07) is 10.1. The normalized spacial score (nSPS) is 19.2. The number of anilines is 1. The van der Waals surface area contributed by atoms with Gasteiger partial charge in [-0.05, 0) is 35.2 Å². The average molecular weight is 447 g/mol. The molecule has 0 aromatic heterocycles. The van der Waals surface area contributed by atoms with Gasteiger partial charge in [0, 0.05) is 32.0 Å². The molecule has 2 aliphatic rings. The maximum atomic E-state index is 15.0. The minimum atomic E-state index is -2.33. The van der Waals surface area contributed by atoms with Crippen molar-refractivity contribution in [3.63, 3.8) is 0 Å². The van der Waals surface area contributed by atoms with Gasteiger partial charge in [-0.2, -0.15) is 0 Å². The number of carbonyl (C=O) groups is 2. The van der Waals surface area contributed by atoms with Crippen molar-refractivity contribution in [1.82, 2.24) is 10.6 Å². The first kappa shape index (κ1) is 22.1. The van der Waals surface area contributed by atoms with Crippen LogP contribution in [0.25, 0.3) is 11.1 Å². The topological polar surface area (TPSA) is 70.7 Å². The zero-order chi connectivity index (χ0) is 22.8. The van der Waals surface area contributed by atoms with Crippen LogP contribution in [0.15, 0.2) is 36.4 Å². The Balaban J connectivity index is 1.48. The molecule has 2 heterocycles. The maximum absolute atomic E-state index is 15.0. The fraction of sp³-hybridized carbons (Fsp3) is 0.391. The van der Waals surface area contributed by atoms with Crippen LogP contribution in [0.2, 0.25) is 0 Å². The molecule has 170 valence electrons. The molecule has 2 atom stereocenters. The van der Waals surface area contributed by atoms with Crippen molar-refractivity contribution in [3.8, 4) is 11.1 Å². The Hall–Kier alpha value is -3.07. The van der Waals surface area contributed by atoms with Gasteiger partial charge >= 0.3 is 6.09 Å². The molecule has 2 aromatic rings. The molecule has 1 fully saturated rings. The third-order valence-corrected chi connectivity index (χ3v) is 5.75. The third kappa shape index (κ3) is 4.57. The molecule has 0 unspecified atom stereocenters. The lowest BCUT2D eigenvalue weighted by atomic mass is 9.98. The minimum absolute atomic E-state index is 0.199. The minimum Gasteiger partial charge on any atom is -0.442 e. The van der Waals surface area contributed by atoms with Gasteiger partial charge in [-0.25, -0.2) is 18.0 Å². The molecular formula is C23H24F3N3O3. The van der Waals surface area contributed by atoms with Crippen LogP contribution in [0, 0.1) is 5.82 Å². The number of fused-ring (bicyclic) bond motifs is 3. The van der Waals surface area contributed by atoms with E-state index in [0.717, 1.165) is 11.1 Å². The summed E-state index contributed by atoms with van der Waals surface area (Å²) in [5.74, 6) is -0.665. The van der Waals surface area contributed by atoms with Gasteiger partial charge in [0.25, 0.3) is 0 Å². The number of hydrogen-bond acceptors (Lipinski definition) is 4. The fourth-order valence-electron chi connectivity index (χ4n) is 4.18. The quantitative estimate of drug-likeness (QED) is 0.607. The summed E-state index contributed by atoms with van der Waals surface area (Å²) < 4.78 is 44.7. The highest BCUT2D eigenvalue weighted by molar-refractivity contribution is 5.94. The second-order valence-electron chi connectivity index (χ2n) is 8.01. The molecular weight excluding hydrogens is 423 g/mol. The predicted molar refractivity (Wildman–Crippen MR) is 113 cm³/mol. The first-order valence-corrected chi connectivity index (χ1v) is 10.5. The van der Waals surface area contributed by atoms with Crippen molar-refractivity contribution < 1.29 is 27.5 Å². The number of cyclic esters (lactones) is 1. The highest BCUT2D eigenvalue weighted by Crippen LogP contribution is 2.41. The molecule has 2 aliphatic heterocycles. The molecule has 0 bridgehead atoms. The van der Waals surface area contributed by atoms with Crippen LogP contribution in [0.5, 0.6) is 0 Å². The molecule has 9 heteroatoms. The van der Waals surface area contributed by atoms with Crippen molar-refractivity contribution in [2.24, 2.45) is 0 Å². The summed E-state index contributed by atoms with van der Waals surface area (Å²) in [6.07, 6.45) is -3.06. The van der Waals surface area contributed by atoms with Crippen molar-refractivity contribution in [3.05, 3.63) is 53.3 Å². The number of halogens is 3. The number of nitrogens with one attached hydrogen (secondary N) is 2. The number of nitrogens with zero attached hydrogens (tertiary/aromatic N) is 1. The summed E-state index contributed by atoms with van der Waals surface area (Å²) in [6.45, 7) is 2.28. The van der Waals surface area contributed by atoms with Gasteiger partial charge < -0.3 is 15.4 Å². The number of benzene rings is 2. The lowest BCUT2D eigenvalue weighted by molar-refractivity contribution is -0.119. The smallest absolute Gasteiger partial charge is 0.415 e. The summed E-state index contributed by atoms with van der Waals surface area (Å²) in [7, 11) is 0. The largest absolute Gasteiger partial charge is 0.442 e. The van der Waals surface area contributed by atoms with Gasteiger partial charge in [-0.15, -0.1) is 0 Å². The summed E-state index contributed by atoms with van der Waals surface area (Å²) in [5, 5.41) is 5.62. The Bertz CT molecular complexity index is 1010. The van der Waals surface area contributed by atoms with Gasteiger partial charge in [-0.1, -0.05) is 24.3 Å². The summed E-state index contributed by atoms with van der Waals surface area (Å²) in [4.78, 5) is 25.0. The van der Waals surface area contributed by atoms with Gasteiger partial charge in [0.1, 0.15) is 11.9 Å². The van der Waals surface area contributed by atoms with E-state index in [0.29, 0.717) is 29.8 Å². The zero-order valence-electron chi connectivity index (χ0n) is 17.5. The molecule has 0 aliphatic carbocycles.